The Morgan fingerprint density at radius 1 is 1.00 bits per heavy atom. The maximum Gasteiger partial charge on any atom is 0.416 e. The van der Waals surface area contributed by atoms with Crippen molar-refractivity contribution >= 4 is 27.2 Å². The fourth-order valence-corrected chi connectivity index (χ4v) is 3.74. The molecule has 0 saturated heterocycles. The van der Waals surface area contributed by atoms with Gasteiger partial charge in [0.25, 0.3) is 0 Å². The number of benzene rings is 2. The Hall–Kier alpha value is -3.11. The molecule has 0 unspecified atom stereocenters. The highest BCUT2D eigenvalue weighted by Crippen LogP contribution is 2.30. The smallest absolute Gasteiger partial charge is 0.345 e. The minimum Gasteiger partial charge on any atom is -0.345 e. The third-order valence-electron chi connectivity index (χ3n) is 4.41. The fraction of sp³-hybridized carbons (Fsp3) is 0.150. The van der Waals surface area contributed by atoms with Gasteiger partial charge in [-0.2, -0.15) is 17.6 Å². The van der Waals surface area contributed by atoms with Crippen LogP contribution in [-0.4, -0.2) is 21.3 Å². The molecule has 2 aromatic carbocycles. The van der Waals surface area contributed by atoms with E-state index in [1.807, 2.05) is 12.1 Å². The molecule has 0 bridgehead atoms. The summed E-state index contributed by atoms with van der Waals surface area (Å²) in [5.41, 5.74) is 6.79. The molecular formula is C20H15F4N5S. The predicted octanol–water partition coefficient (Wildman–Crippen LogP) is 4.85. The number of hydrogen-bond donors (Lipinski definition) is 2. The van der Waals surface area contributed by atoms with Gasteiger partial charge >= 0.3 is 6.18 Å². The summed E-state index contributed by atoms with van der Waals surface area (Å²) in [4.78, 5) is 3.63. The maximum atomic E-state index is 13.4. The van der Waals surface area contributed by atoms with Crippen LogP contribution in [0.3, 0.4) is 0 Å². The first kappa shape index (κ1) is 20.2. The lowest BCUT2D eigenvalue weighted by atomic mass is 10.1. The minimum absolute atomic E-state index is 0.315. The summed E-state index contributed by atoms with van der Waals surface area (Å²) in [7, 11) is 0. The average molecular weight is 433 g/mol. The van der Waals surface area contributed by atoms with Gasteiger partial charge in [-0.05, 0) is 29.1 Å². The number of hydrogen-bond acceptors (Lipinski definition) is 6. The number of nitrogens with zero attached hydrogens (tertiary/aromatic N) is 3. The molecule has 30 heavy (non-hydrogen) atoms. The van der Waals surface area contributed by atoms with Crippen LogP contribution < -0.4 is 11.1 Å². The molecular weight excluding hydrogens is 418 g/mol. The number of halogens is 4. The Morgan fingerprint density at radius 2 is 1.77 bits per heavy atom. The molecule has 3 N–H and O–H groups in total. The molecule has 5 nitrogen and oxygen atoms in total. The van der Waals surface area contributed by atoms with Gasteiger partial charge in [0.2, 0.25) is 11.1 Å². The van der Waals surface area contributed by atoms with Crippen molar-refractivity contribution in [2.75, 3.05) is 5.32 Å². The van der Waals surface area contributed by atoms with E-state index in [4.69, 9.17) is 5.73 Å². The van der Waals surface area contributed by atoms with Crippen molar-refractivity contribution in [2.24, 2.45) is 5.73 Å². The van der Waals surface area contributed by atoms with Gasteiger partial charge in [-0.15, -0.1) is 10.2 Å². The minimum atomic E-state index is -4.37. The summed E-state index contributed by atoms with van der Waals surface area (Å²) in [6.45, 7) is 0. The van der Waals surface area contributed by atoms with Gasteiger partial charge in [-0.25, -0.2) is 4.98 Å². The van der Waals surface area contributed by atoms with Crippen molar-refractivity contribution in [1.29, 1.82) is 0 Å². The molecule has 0 fully saturated rings. The van der Waals surface area contributed by atoms with E-state index >= 15 is 0 Å². The van der Waals surface area contributed by atoms with Crippen LogP contribution in [0.25, 0.3) is 21.3 Å². The van der Waals surface area contributed by atoms with Crippen molar-refractivity contribution in [2.45, 2.75) is 18.8 Å². The predicted molar refractivity (Wildman–Crippen MR) is 107 cm³/mol. The van der Waals surface area contributed by atoms with E-state index in [1.165, 1.54) is 35.7 Å². The van der Waals surface area contributed by atoms with E-state index in [0.29, 0.717) is 27.5 Å². The molecule has 0 aliphatic heterocycles. The van der Waals surface area contributed by atoms with Crippen molar-refractivity contribution in [3.8, 4) is 10.6 Å². The van der Waals surface area contributed by atoms with Crippen LogP contribution in [0.2, 0.25) is 0 Å². The molecule has 154 valence electrons. The Labute approximate surface area is 172 Å². The first-order chi connectivity index (χ1) is 14.3. The van der Waals surface area contributed by atoms with Crippen molar-refractivity contribution in [3.05, 3.63) is 71.8 Å². The Morgan fingerprint density at radius 3 is 2.50 bits per heavy atom. The van der Waals surface area contributed by atoms with Gasteiger partial charge < -0.3 is 11.1 Å². The molecule has 0 amide bonds. The summed E-state index contributed by atoms with van der Waals surface area (Å²) in [6.07, 6.45) is -3.15. The molecule has 0 aliphatic carbocycles. The second-order valence-electron chi connectivity index (χ2n) is 6.63. The largest absolute Gasteiger partial charge is 0.416 e. The number of nitrogens with one attached hydrogen (secondary N) is 1. The Bertz CT molecular complexity index is 1170. The molecule has 10 heteroatoms. The highest BCUT2D eigenvalue weighted by molar-refractivity contribution is 7.18. The second kappa shape index (κ2) is 7.96. The van der Waals surface area contributed by atoms with Crippen LogP contribution >= 0.6 is 11.3 Å². The van der Waals surface area contributed by atoms with E-state index in [2.05, 4.69) is 20.5 Å². The third kappa shape index (κ3) is 4.55. The number of alkyl halides is 3. The highest BCUT2D eigenvalue weighted by atomic mass is 32.1. The molecule has 0 saturated carbocycles. The monoisotopic (exact) mass is 433 g/mol. The van der Waals surface area contributed by atoms with Gasteiger partial charge in [0.15, 0.2) is 0 Å². The van der Waals surface area contributed by atoms with Crippen LogP contribution in [0, 0.1) is 5.95 Å². The first-order valence-corrected chi connectivity index (χ1v) is 9.67. The van der Waals surface area contributed by atoms with Gasteiger partial charge in [0, 0.05) is 29.6 Å². The SMILES string of the molecule is N[C@@H](Cc1ccc(C(F)(F)F)cc1)Nc1nnc(-c2ccc3cnc(F)cc3c2)s1. The zero-order valence-corrected chi connectivity index (χ0v) is 16.1. The summed E-state index contributed by atoms with van der Waals surface area (Å²) >= 11 is 1.27. The van der Waals surface area contributed by atoms with Crippen LogP contribution in [0.4, 0.5) is 22.7 Å². The lowest BCUT2D eigenvalue weighted by molar-refractivity contribution is -0.137. The van der Waals surface area contributed by atoms with E-state index in [0.717, 1.165) is 23.1 Å². The molecule has 4 rings (SSSR count). The van der Waals surface area contributed by atoms with E-state index in [9.17, 15) is 17.6 Å². The molecule has 4 aromatic rings. The van der Waals surface area contributed by atoms with Gasteiger partial charge in [0.05, 0.1) is 11.7 Å². The van der Waals surface area contributed by atoms with Crippen molar-refractivity contribution in [1.82, 2.24) is 15.2 Å². The number of anilines is 1. The number of aromatic nitrogens is 3. The fourth-order valence-electron chi connectivity index (χ4n) is 2.94. The quantitative estimate of drug-likeness (QED) is 0.267. The number of rotatable bonds is 5. The summed E-state index contributed by atoms with van der Waals surface area (Å²) in [6, 6.07) is 11.7. The number of nitrogens with two attached hydrogens (primary N) is 1. The molecule has 1 atom stereocenters. The van der Waals surface area contributed by atoms with Gasteiger partial charge in [-0.1, -0.05) is 35.6 Å². The first-order valence-electron chi connectivity index (χ1n) is 8.85. The Balaban J connectivity index is 1.44. The van der Waals surface area contributed by atoms with Crippen LogP contribution in [-0.2, 0) is 12.6 Å². The highest BCUT2D eigenvalue weighted by Gasteiger charge is 2.29. The van der Waals surface area contributed by atoms with Gasteiger partial charge in [-0.3, -0.25) is 0 Å². The maximum absolute atomic E-state index is 13.4. The normalized spacial score (nSPS) is 12.8. The van der Waals surface area contributed by atoms with Crippen molar-refractivity contribution in [3.63, 3.8) is 0 Å². The third-order valence-corrected chi connectivity index (χ3v) is 5.31. The van der Waals surface area contributed by atoms with Crippen LogP contribution in [0.5, 0.6) is 0 Å². The van der Waals surface area contributed by atoms with Crippen molar-refractivity contribution < 1.29 is 17.6 Å². The van der Waals surface area contributed by atoms with Gasteiger partial charge in [0.1, 0.15) is 5.01 Å². The lowest BCUT2D eigenvalue weighted by Crippen LogP contribution is -2.31. The zero-order valence-electron chi connectivity index (χ0n) is 15.3. The summed E-state index contributed by atoms with van der Waals surface area (Å²) in [5.74, 6) is -0.562. The molecule has 0 spiro atoms. The Kier molecular flexibility index (Phi) is 5.35. The van der Waals surface area contributed by atoms with E-state index in [1.54, 1.807) is 6.07 Å². The average Bonchev–Trinajstić information content (AvgIpc) is 3.15. The number of fused-ring (bicyclic) bond motifs is 1. The van der Waals surface area contributed by atoms with Crippen LogP contribution in [0.1, 0.15) is 11.1 Å². The number of pyridine rings is 1. The second-order valence-corrected chi connectivity index (χ2v) is 7.61. The topological polar surface area (TPSA) is 76.7 Å². The molecule has 0 aliphatic rings. The van der Waals surface area contributed by atoms with Crippen LogP contribution in [0.15, 0.2) is 54.7 Å². The molecule has 2 aromatic heterocycles. The lowest BCUT2D eigenvalue weighted by Gasteiger charge is -2.13. The standard InChI is InChI=1S/C20H15F4N5S/c21-16-9-14-8-12(3-4-13(14)10-26-16)18-28-29-19(30-18)27-17(25)7-11-1-5-15(6-2-11)20(22,23)24/h1-6,8-10,17H,7,25H2,(H,27,29)/t17-/m1/s1. The molecule has 2 heterocycles. The van der Waals surface area contributed by atoms with E-state index in [-0.39, 0.29) is 0 Å². The summed E-state index contributed by atoms with van der Waals surface area (Å²) in [5, 5.41) is 13.8. The van der Waals surface area contributed by atoms with E-state index < -0.39 is 23.9 Å². The molecule has 0 radical (unpaired) electrons. The zero-order chi connectivity index (χ0) is 21.3. The summed E-state index contributed by atoms with van der Waals surface area (Å²) < 4.78 is 51.3.